The summed E-state index contributed by atoms with van der Waals surface area (Å²) in [6.45, 7) is 1.07. The third-order valence-corrected chi connectivity index (χ3v) is 3.58. The first-order valence-corrected chi connectivity index (χ1v) is 7.51. The molecule has 3 heterocycles. The Morgan fingerprint density at radius 1 is 1.04 bits per heavy atom. The lowest BCUT2D eigenvalue weighted by Gasteiger charge is -2.18. The number of carbonyl (C=O) groups is 1. The molecule has 0 fully saturated rings. The lowest BCUT2D eigenvalue weighted by atomic mass is 10.1. The van der Waals surface area contributed by atoms with Crippen LogP contribution in [0, 0.1) is 0 Å². The fourth-order valence-corrected chi connectivity index (χ4v) is 2.44. The molecule has 0 saturated heterocycles. The van der Waals surface area contributed by atoms with Gasteiger partial charge < -0.3 is 19.2 Å². The van der Waals surface area contributed by atoms with Crippen LogP contribution >= 0.6 is 0 Å². The van der Waals surface area contributed by atoms with Crippen molar-refractivity contribution < 1.29 is 18.7 Å². The van der Waals surface area contributed by atoms with E-state index in [1.807, 2.05) is 18.2 Å². The number of carbonyl (C=O) groups excluding carboxylic acids is 1. The van der Waals surface area contributed by atoms with Gasteiger partial charge in [-0.3, -0.25) is 9.78 Å². The van der Waals surface area contributed by atoms with Crippen LogP contribution in [0.2, 0.25) is 0 Å². The molecule has 1 N–H and O–H groups in total. The van der Waals surface area contributed by atoms with Gasteiger partial charge in [0.2, 0.25) is 0 Å². The Bertz CT molecular complexity index is 874. The summed E-state index contributed by atoms with van der Waals surface area (Å²) in [6, 6.07) is 12.4. The maximum Gasteiger partial charge on any atom is 0.291 e. The van der Waals surface area contributed by atoms with Gasteiger partial charge >= 0.3 is 0 Å². The van der Waals surface area contributed by atoms with Gasteiger partial charge in [0, 0.05) is 11.8 Å². The largest absolute Gasteiger partial charge is 0.486 e. The van der Waals surface area contributed by atoms with Crippen molar-refractivity contribution in [3.05, 3.63) is 60.6 Å². The standard InChI is InChI=1S/C18H14N2O4/c21-18(20-13-2-1-7-19-11-13)16-6-5-14(24-16)12-3-4-15-17(10-12)23-9-8-22-15/h1-7,10-11H,8-9H2,(H,20,21). The smallest absolute Gasteiger partial charge is 0.291 e. The van der Waals surface area contributed by atoms with Gasteiger partial charge in [-0.15, -0.1) is 0 Å². The molecule has 0 radical (unpaired) electrons. The second kappa shape index (κ2) is 6.08. The number of hydrogen-bond donors (Lipinski definition) is 1. The van der Waals surface area contributed by atoms with E-state index in [9.17, 15) is 4.79 Å². The molecule has 1 amide bonds. The van der Waals surface area contributed by atoms with Crippen molar-refractivity contribution in [1.82, 2.24) is 4.98 Å². The minimum Gasteiger partial charge on any atom is -0.486 e. The van der Waals surface area contributed by atoms with Gasteiger partial charge in [0.25, 0.3) is 5.91 Å². The van der Waals surface area contributed by atoms with Crippen molar-refractivity contribution in [2.75, 3.05) is 18.5 Å². The van der Waals surface area contributed by atoms with E-state index < -0.39 is 0 Å². The van der Waals surface area contributed by atoms with Crippen LogP contribution in [-0.4, -0.2) is 24.1 Å². The maximum atomic E-state index is 12.2. The number of rotatable bonds is 3. The predicted molar refractivity (Wildman–Crippen MR) is 87.3 cm³/mol. The highest BCUT2D eigenvalue weighted by Crippen LogP contribution is 2.35. The van der Waals surface area contributed by atoms with E-state index in [2.05, 4.69) is 10.3 Å². The van der Waals surface area contributed by atoms with Crippen LogP contribution in [0.15, 0.2) is 59.3 Å². The second-order valence-corrected chi connectivity index (χ2v) is 5.22. The zero-order valence-electron chi connectivity index (χ0n) is 12.7. The highest BCUT2D eigenvalue weighted by atomic mass is 16.6. The quantitative estimate of drug-likeness (QED) is 0.800. The van der Waals surface area contributed by atoms with Crippen molar-refractivity contribution >= 4 is 11.6 Å². The van der Waals surface area contributed by atoms with Crippen LogP contribution in [0.3, 0.4) is 0 Å². The normalized spacial score (nSPS) is 12.7. The molecule has 0 aliphatic carbocycles. The van der Waals surface area contributed by atoms with Crippen LogP contribution in [0.5, 0.6) is 11.5 Å². The summed E-state index contributed by atoms with van der Waals surface area (Å²) in [5, 5.41) is 2.73. The number of pyridine rings is 1. The molecule has 1 aromatic carbocycles. The molecular formula is C18H14N2O4. The Balaban J connectivity index is 1.55. The molecule has 0 saturated carbocycles. The van der Waals surface area contributed by atoms with Crippen molar-refractivity contribution in [3.63, 3.8) is 0 Å². The predicted octanol–water partition coefficient (Wildman–Crippen LogP) is 3.37. The highest BCUT2D eigenvalue weighted by Gasteiger charge is 2.16. The van der Waals surface area contributed by atoms with Gasteiger partial charge in [-0.25, -0.2) is 0 Å². The van der Waals surface area contributed by atoms with E-state index >= 15 is 0 Å². The first kappa shape index (κ1) is 14.3. The lowest BCUT2D eigenvalue weighted by molar-refractivity contribution is 0.0997. The van der Waals surface area contributed by atoms with Gasteiger partial charge in [0.1, 0.15) is 19.0 Å². The molecule has 2 aromatic heterocycles. The number of nitrogens with zero attached hydrogens (tertiary/aromatic N) is 1. The molecular weight excluding hydrogens is 308 g/mol. The molecule has 0 spiro atoms. The summed E-state index contributed by atoms with van der Waals surface area (Å²) in [7, 11) is 0. The molecule has 24 heavy (non-hydrogen) atoms. The molecule has 4 rings (SSSR count). The Kier molecular flexibility index (Phi) is 3.63. The first-order valence-electron chi connectivity index (χ1n) is 7.51. The third-order valence-electron chi connectivity index (χ3n) is 3.58. The monoisotopic (exact) mass is 322 g/mol. The number of furan rings is 1. The van der Waals surface area contributed by atoms with Crippen molar-refractivity contribution in [2.24, 2.45) is 0 Å². The minimum absolute atomic E-state index is 0.226. The fourth-order valence-electron chi connectivity index (χ4n) is 2.44. The van der Waals surface area contributed by atoms with Crippen molar-refractivity contribution in [1.29, 1.82) is 0 Å². The number of nitrogens with one attached hydrogen (secondary N) is 1. The summed E-state index contributed by atoms with van der Waals surface area (Å²) in [6.07, 6.45) is 3.21. The molecule has 120 valence electrons. The second-order valence-electron chi connectivity index (χ2n) is 5.22. The Morgan fingerprint density at radius 3 is 2.75 bits per heavy atom. The van der Waals surface area contributed by atoms with Crippen LogP contribution in [0.1, 0.15) is 10.6 Å². The van der Waals surface area contributed by atoms with E-state index in [0.717, 1.165) is 5.56 Å². The Hall–Kier alpha value is -3.28. The number of ether oxygens (including phenoxy) is 2. The SMILES string of the molecule is O=C(Nc1cccnc1)c1ccc(-c2ccc3c(c2)OCCO3)o1. The molecule has 0 unspecified atom stereocenters. The van der Waals surface area contributed by atoms with E-state index in [1.54, 1.807) is 36.7 Å². The van der Waals surface area contributed by atoms with Crippen molar-refractivity contribution in [3.8, 4) is 22.8 Å². The minimum atomic E-state index is -0.327. The summed E-state index contributed by atoms with van der Waals surface area (Å²) in [4.78, 5) is 16.2. The molecule has 1 aliphatic heterocycles. The van der Waals surface area contributed by atoms with E-state index in [4.69, 9.17) is 13.9 Å². The van der Waals surface area contributed by atoms with Gasteiger partial charge in [0.15, 0.2) is 17.3 Å². The first-order chi connectivity index (χ1) is 11.8. The number of aromatic nitrogens is 1. The van der Waals surface area contributed by atoms with Crippen molar-refractivity contribution in [2.45, 2.75) is 0 Å². The van der Waals surface area contributed by atoms with Gasteiger partial charge in [-0.05, 0) is 42.5 Å². The third kappa shape index (κ3) is 2.81. The van der Waals surface area contributed by atoms with E-state index in [1.165, 1.54) is 0 Å². The number of fused-ring (bicyclic) bond motifs is 1. The zero-order valence-corrected chi connectivity index (χ0v) is 12.7. The van der Waals surface area contributed by atoms with E-state index in [0.29, 0.717) is 36.2 Å². The van der Waals surface area contributed by atoms with Gasteiger partial charge in [0.05, 0.1) is 11.9 Å². The highest BCUT2D eigenvalue weighted by molar-refractivity contribution is 6.02. The van der Waals surface area contributed by atoms with E-state index in [-0.39, 0.29) is 11.7 Å². The summed E-state index contributed by atoms with van der Waals surface area (Å²) >= 11 is 0. The average Bonchev–Trinajstić information content (AvgIpc) is 3.12. The summed E-state index contributed by atoms with van der Waals surface area (Å²) in [5.74, 6) is 1.88. The molecule has 6 nitrogen and oxygen atoms in total. The summed E-state index contributed by atoms with van der Waals surface area (Å²) in [5.41, 5.74) is 1.43. The molecule has 1 aliphatic rings. The molecule has 0 bridgehead atoms. The average molecular weight is 322 g/mol. The number of amides is 1. The fraction of sp³-hybridized carbons (Fsp3) is 0.111. The zero-order chi connectivity index (χ0) is 16.4. The van der Waals surface area contributed by atoms with Crippen LogP contribution in [0.4, 0.5) is 5.69 Å². The van der Waals surface area contributed by atoms with Crippen LogP contribution in [0.25, 0.3) is 11.3 Å². The topological polar surface area (TPSA) is 73.6 Å². The number of anilines is 1. The Labute approximate surface area is 138 Å². The number of hydrogen-bond acceptors (Lipinski definition) is 5. The van der Waals surface area contributed by atoms with Gasteiger partial charge in [-0.1, -0.05) is 0 Å². The van der Waals surface area contributed by atoms with Crippen LogP contribution in [-0.2, 0) is 0 Å². The van der Waals surface area contributed by atoms with Gasteiger partial charge in [-0.2, -0.15) is 0 Å². The maximum absolute atomic E-state index is 12.2. The molecule has 3 aromatic rings. The Morgan fingerprint density at radius 2 is 1.92 bits per heavy atom. The molecule has 6 heteroatoms. The summed E-state index contributed by atoms with van der Waals surface area (Å²) < 4.78 is 16.7. The van der Waals surface area contributed by atoms with Crippen LogP contribution < -0.4 is 14.8 Å². The number of benzene rings is 1. The molecule has 0 atom stereocenters. The lowest BCUT2D eigenvalue weighted by Crippen LogP contribution is -2.15.